The molecular weight excluding hydrogens is 544 g/mol. The molecule has 3 fully saturated rings. The first kappa shape index (κ1) is 25.8. The van der Waals surface area contributed by atoms with Gasteiger partial charge in [0.2, 0.25) is 5.91 Å². The Labute approximate surface area is 232 Å². The molecule has 0 spiro atoms. The van der Waals surface area contributed by atoms with Crippen LogP contribution in [0.15, 0.2) is 17.2 Å². The molecular formula is C25H29ClN8O2S2. The Balaban J connectivity index is 1.40. The number of hydrogen-bond donors (Lipinski definition) is 2. The summed E-state index contributed by atoms with van der Waals surface area (Å²) in [6, 6.07) is 4.35. The highest BCUT2D eigenvalue weighted by Crippen LogP contribution is 2.49. The normalized spacial score (nSPS) is 20.8. The molecule has 1 amide bonds. The van der Waals surface area contributed by atoms with Crippen LogP contribution >= 0.6 is 22.9 Å². The van der Waals surface area contributed by atoms with Crippen LogP contribution in [0.3, 0.4) is 0 Å². The molecule has 2 aliphatic carbocycles. The van der Waals surface area contributed by atoms with E-state index in [9.17, 15) is 14.3 Å². The number of halogens is 1. The van der Waals surface area contributed by atoms with Gasteiger partial charge in [-0.05, 0) is 63.0 Å². The number of carbonyl (C=O) groups excluding carboxylic acids is 1. The van der Waals surface area contributed by atoms with E-state index in [0.717, 1.165) is 49.6 Å². The highest BCUT2D eigenvalue weighted by Gasteiger charge is 2.48. The molecule has 4 heterocycles. The Morgan fingerprint density at radius 2 is 2.05 bits per heavy atom. The lowest BCUT2D eigenvalue weighted by molar-refractivity contribution is -0.132. The van der Waals surface area contributed by atoms with E-state index in [4.69, 9.17) is 17.3 Å². The molecule has 6 rings (SSSR count). The van der Waals surface area contributed by atoms with Crippen LogP contribution in [0.4, 0.5) is 0 Å². The maximum absolute atomic E-state index is 13.4. The molecule has 0 aromatic carbocycles. The van der Waals surface area contributed by atoms with Gasteiger partial charge in [0.05, 0.1) is 16.5 Å². The zero-order valence-corrected chi connectivity index (χ0v) is 23.5. The first-order valence-corrected chi connectivity index (χ1v) is 15.2. The minimum atomic E-state index is -1.43. The van der Waals surface area contributed by atoms with Gasteiger partial charge < -0.3 is 10.6 Å². The minimum Gasteiger partial charge on any atom is -0.343 e. The van der Waals surface area contributed by atoms with Crippen molar-refractivity contribution >= 4 is 45.3 Å². The van der Waals surface area contributed by atoms with Gasteiger partial charge in [0.25, 0.3) is 0 Å². The van der Waals surface area contributed by atoms with Gasteiger partial charge in [-0.15, -0.1) is 10.2 Å². The molecule has 1 aliphatic heterocycles. The third-order valence-electron chi connectivity index (χ3n) is 7.88. The van der Waals surface area contributed by atoms with Crippen LogP contribution in [0.1, 0.15) is 68.4 Å². The number of piperidine rings is 1. The van der Waals surface area contributed by atoms with Gasteiger partial charge in [-0.25, -0.2) is 13.9 Å². The third kappa shape index (κ3) is 4.64. The van der Waals surface area contributed by atoms with E-state index in [2.05, 4.69) is 32.9 Å². The monoisotopic (exact) mass is 572 g/mol. The smallest absolute Gasteiger partial charge is 0.223 e. The van der Waals surface area contributed by atoms with Crippen LogP contribution in [0.5, 0.6) is 0 Å². The van der Waals surface area contributed by atoms with Gasteiger partial charge in [0, 0.05) is 37.8 Å². The average molecular weight is 573 g/mol. The average Bonchev–Trinajstić information content (AvgIpc) is 3.78. The predicted molar refractivity (Wildman–Crippen MR) is 145 cm³/mol. The summed E-state index contributed by atoms with van der Waals surface area (Å²) < 4.78 is 18.6. The summed E-state index contributed by atoms with van der Waals surface area (Å²) in [5.74, 6) is 0.722. The highest BCUT2D eigenvalue weighted by molar-refractivity contribution is 7.83. The molecule has 0 radical (unpaired) electrons. The molecule has 3 aromatic heterocycles. The number of pyridine rings is 1. The Hall–Kier alpha value is -2.43. The van der Waals surface area contributed by atoms with Crippen LogP contribution in [0.2, 0.25) is 5.15 Å². The Bertz CT molecular complexity index is 1480. The Morgan fingerprint density at radius 3 is 2.68 bits per heavy atom. The Kier molecular flexibility index (Phi) is 6.55. The largest absolute Gasteiger partial charge is 0.343 e. The number of nitriles is 1. The molecule has 3 aromatic rings. The summed E-state index contributed by atoms with van der Waals surface area (Å²) in [6.45, 7) is 3.68. The molecule has 13 heteroatoms. The topological polar surface area (TPSA) is 142 Å². The maximum atomic E-state index is 13.4. The standard InChI is InChI=1S/C25H29ClN8O2S2/c1-24(5-6-24)32-38(36)16-12-17(15-3-10-33(11-4-15)18(35)2-9-27)19-20(26)29-21(34(19)13-16)22-30-31-23(37-22)25(14-28)7-8-25/h12-13,15,32H,2-11,27H2,1H3. The van der Waals surface area contributed by atoms with Crippen LogP contribution < -0.4 is 10.5 Å². The van der Waals surface area contributed by atoms with Crippen molar-refractivity contribution in [3.63, 3.8) is 0 Å². The lowest BCUT2D eigenvalue weighted by atomic mass is 9.89. The van der Waals surface area contributed by atoms with E-state index >= 15 is 0 Å². The van der Waals surface area contributed by atoms with Gasteiger partial charge >= 0.3 is 0 Å². The van der Waals surface area contributed by atoms with E-state index in [1.807, 2.05) is 21.6 Å². The lowest BCUT2D eigenvalue weighted by Gasteiger charge is -2.32. The third-order valence-corrected chi connectivity index (χ3v) is 10.6. The molecule has 38 heavy (non-hydrogen) atoms. The predicted octanol–water partition coefficient (Wildman–Crippen LogP) is 3.28. The van der Waals surface area contributed by atoms with Crippen molar-refractivity contribution < 1.29 is 9.00 Å². The van der Waals surface area contributed by atoms with E-state index in [-0.39, 0.29) is 17.4 Å². The van der Waals surface area contributed by atoms with Crippen molar-refractivity contribution in [2.75, 3.05) is 19.6 Å². The van der Waals surface area contributed by atoms with Crippen molar-refractivity contribution in [2.24, 2.45) is 5.73 Å². The van der Waals surface area contributed by atoms with Gasteiger partial charge in [-0.3, -0.25) is 9.20 Å². The summed E-state index contributed by atoms with van der Waals surface area (Å²) in [6.07, 6.45) is 7.23. The fourth-order valence-corrected chi connectivity index (χ4v) is 7.55. The van der Waals surface area contributed by atoms with Crippen molar-refractivity contribution in [3.05, 3.63) is 28.0 Å². The molecule has 3 aliphatic rings. The quantitative estimate of drug-likeness (QED) is 0.421. The molecule has 1 atom stereocenters. The lowest BCUT2D eigenvalue weighted by Crippen LogP contribution is -2.38. The second kappa shape index (κ2) is 9.64. The minimum absolute atomic E-state index is 0.0791. The van der Waals surface area contributed by atoms with Crippen LogP contribution in [0.25, 0.3) is 16.3 Å². The molecule has 200 valence electrons. The van der Waals surface area contributed by atoms with E-state index < -0.39 is 16.4 Å². The van der Waals surface area contributed by atoms with Gasteiger partial charge in [-0.1, -0.05) is 22.9 Å². The van der Waals surface area contributed by atoms with Gasteiger partial charge in [0.1, 0.15) is 21.4 Å². The summed E-state index contributed by atoms with van der Waals surface area (Å²) in [4.78, 5) is 19.6. The first-order chi connectivity index (χ1) is 18.3. The second-order valence-corrected chi connectivity index (χ2v) is 13.4. The zero-order valence-electron chi connectivity index (χ0n) is 21.1. The van der Waals surface area contributed by atoms with Crippen molar-refractivity contribution in [2.45, 2.75) is 73.6 Å². The Morgan fingerprint density at radius 1 is 1.32 bits per heavy atom. The fraction of sp³-hybridized carbons (Fsp3) is 0.560. The van der Waals surface area contributed by atoms with Crippen molar-refractivity contribution in [1.29, 1.82) is 5.26 Å². The van der Waals surface area contributed by atoms with E-state index in [0.29, 0.717) is 51.9 Å². The van der Waals surface area contributed by atoms with Crippen molar-refractivity contribution in [3.8, 4) is 16.9 Å². The van der Waals surface area contributed by atoms with Crippen molar-refractivity contribution in [1.82, 2.24) is 29.2 Å². The SMILES string of the molecule is CC1(NS(=O)c2cc(C3CCN(C(=O)CCN)CC3)c3c(Cl)nc(-c4nnc(C5(C#N)CC5)s4)n3c2)CC1. The molecule has 10 nitrogen and oxygen atoms in total. The molecule has 2 saturated carbocycles. The van der Waals surface area contributed by atoms with E-state index in [1.54, 1.807) is 0 Å². The maximum Gasteiger partial charge on any atom is 0.223 e. The zero-order chi connectivity index (χ0) is 26.7. The summed E-state index contributed by atoms with van der Waals surface area (Å²) in [5.41, 5.74) is 6.65. The summed E-state index contributed by atoms with van der Waals surface area (Å²) in [7, 11) is -1.43. The number of carbonyl (C=O) groups is 1. The molecule has 3 N–H and O–H groups in total. The number of amides is 1. The number of nitrogens with zero attached hydrogens (tertiary/aromatic N) is 6. The molecule has 1 unspecified atom stereocenters. The molecule has 1 saturated heterocycles. The highest BCUT2D eigenvalue weighted by atomic mass is 35.5. The second-order valence-electron chi connectivity index (χ2n) is 10.8. The number of hydrogen-bond acceptors (Lipinski definition) is 8. The number of fused-ring (bicyclic) bond motifs is 1. The number of likely N-dealkylation sites (tertiary alicyclic amines) is 1. The van der Waals surface area contributed by atoms with Crippen LogP contribution in [-0.2, 0) is 21.2 Å². The summed E-state index contributed by atoms with van der Waals surface area (Å²) in [5, 5.41) is 19.9. The van der Waals surface area contributed by atoms with Crippen LogP contribution in [-0.4, -0.2) is 59.8 Å². The van der Waals surface area contributed by atoms with Gasteiger partial charge in [0.15, 0.2) is 16.0 Å². The first-order valence-electron chi connectivity index (χ1n) is 12.9. The number of nitrogens with two attached hydrogens (primary N) is 1. The fourth-order valence-electron chi connectivity index (χ4n) is 5.04. The summed E-state index contributed by atoms with van der Waals surface area (Å²) >= 11 is 8.12. The number of aromatic nitrogens is 4. The number of imidazole rings is 1. The number of nitrogens with one attached hydrogen (secondary N) is 1. The molecule has 0 bridgehead atoms. The van der Waals surface area contributed by atoms with Gasteiger partial charge in [-0.2, -0.15) is 5.26 Å². The van der Waals surface area contributed by atoms with Crippen LogP contribution in [0, 0.1) is 11.3 Å². The number of rotatable bonds is 8. The van der Waals surface area contributed by atoms with E-state index in [1.165, 1.54) is 11.3 Å².